The van der Waals surface area contributed by atoms with E-state index in [0.29, 0.717) is 28.7 Å². The maximum absolute atomic E-state index is 12.2. The number of furan rings is 1. The number of aromatic nitrogens is 3. The van der Waals surface area contributed by atoms with E-state index < -0.39 is 0 Å². The average Bonchev–Trinajstić information content (AvgIpc) is 2.96. The van der Waals surface area contributed by atoms with Crippen molar-refractivity contribution in [3.63, 3.8) is 0 Å². The Morgan fingerprint density at radius 1 is 1.60 bits per heavy atom. The van der Waals surface area contributed by atoms with Crippen LogP contribution >= 0.6 is 15.9 Å². The highest BCUT2D eigenvalue weighted by Gasteiger charge is 2.23. The third kappa shape index (κ3) is 2.61. The summed E-state index contributed by atoms with van der Waals surface area (Å²) in [4.78, 5) is 13.8. The third-order valence-corrected chi connectivity index (χ3v) is 3.66. The van der Waals surface area contributed by atoms with Crippen LogP contribution in [0.5, 0.6) is 0 Å². The van der Waals surface area contributed by atoms with E-state index in [9.17, 15) is 4.79 Å². The van der Waals surface area contributed by atoms with Gasteiger partial charge in [-0.25, -0.2) is 4.68 Å². The zero-order chi connectivity index (χ0) is 14.1. The zero-order valence-electron chi connectivity index (χ0n) is 10.9. The van der Waals surface area contributed by atoms with Crippen LogP contribution in [0.15, 0.2) is 27.4 Å². The minimum Gasteiger partial charge on any atom is -0.452 e. The smallest absolute Gasteiger partial charge is 0.276 e. The van der Waals surface area contributed by atoms with Crippen molar-refractivity contribution in [2.24, 2.45) is 0 Å². The van der Waals surface area contributed by atoms with Crippen LogP contribution in [0.1, 0.15) is 22.3 Å². The van der Waals surface area contributed by atoms with E-state index in [2.05, 4.69) is 31.6 Å². The fraction of sp³-hybridized carbons (Fsp3) is 0.417. The number of hydrogen-bond donors (Lipinski definition) is 1. The summed E-state index contributed by atoms with van der Waals surface area (Å²) >= 11 is 3.24. The van der Waals surface area contributed by atoms with Crippen molar-refractivity contribution in [2.75, 3.05) is 20.1 Å². The quantitative estimate of drug-likeness (QED) is 0.900. The fourth-order valence-electron chi connectivity index (χ4n) is 1.95. The molecule has 0 saturated carbocycles. The molecule has 3 heterocycles. The molecular formula is C12H14BrN5O2. The number of hydrogen-bond acceptors (Lipinski definition) is 5. The Kier molecular flexibility index (Phi) is 3.58. The molecule has 3 rings (SSSR count). The van der Waals surface area contributed by atoms with Gasteiger partial charge in [-0.15, -0.1) is 5.10 Å². The van der Waals surface area contributed by atoms with Crippen LogP contribution in [-0.4, -0.2) is 45.9 Å². The number of nitrogens with zero attached hydrogens (tertiary/aromatic N) is 4. The molecule has 0 aliphatic carbocycles. The van der Waals surface area contributed by atoms with Gasteiger partial charge in [0.15, 0.2) is 10.4 Å². The largest absolute Gasteiger partial charge is 0.452 e. The molecule has 0 radical (unpaired) electrons. The Morgan fingerprint density at radius 2 is 2.40 bits per heavy atom. The summed E-state index contributed by atoms with van der Waals surface area (Å²) in [6.45, 7) is 2.13. The van der Waals surface area contributed by atoms with Crippen molar-refractivity contribution in [3.8, 4) is 0 Å². The van der Waals surface area contributed by atoms with Crippen molar-refractivity contribution in [2.45, 2.75) is 12.6 Å². The summed E-state index contributed by atoms with van der Waals surface area (Å²) < 4.78 is 7.77. The van der Waals surface area contributed by atoms with Gasteiger partial charge < -0.3 is 14.6 Å². The van der Waals surface area contributed by atoms with Crippen molar-refractivity contribution in [3.05, 3.63) is 34.5 Å². The molecule has 1 aliphatic heterocycles. The van der Waals surface area contributed by atoms with Crippen molar-refractivity contribution in [1.29, 1.82) is 0 Å². The number of amides is 1. The van der Waals surface area contributed by atoms with Gasteiger partial charge in [-0.3, -0.25) is 4.79 Å². The predicted molar refractivity (Wildman–Crippen MR) is 74.1 cm³/mol. The van der Waals surface area contributed by atoms with Crippen LogP contribution in [0, 0.1) is 0 Å². The van der Waals surface area contributed by atoms with E-state index in [1.165, 1.54) is 0 Å². The molecule has 106 valence electrons. The summed E-state index contributed by atoms with van der Waals surface area (Å²) in [6, 6.07) is 3.92. The molecule has 1 N–H and O–H groups in total. The van der Waals surface area contributed by atoms with Crippen molar-refractivity contribution >= 4 is 21.8 Å². The summed E-state index contributed by atoms with van der Waals surface area (Å²) in [5.74, 6) is 0.541. The van der Waals surface area contributed by atoms with Gasteiger partial charge in [-0.05, 0) is 28.1 Å². The summed E-state index contributed by atoms with van der Waals surface area (Å²) in [5.41, 5.74) is 0.352. The molecule has 0 unspecified atom stereocenters. The highest BCUT2D eigenvalue weighted by molar-refractivity contribution is 9.10. The number of carbonyl (C=O) groups is 1. The third-order valence-electron chi connectivity index (χ3n) is 3.23. The van der Waals surface area contributed by atoms with Gasteiger partial charge in [-0.1, -0.05) is 5.21 Å². The van der Waals surface area contributed by atoms with Crippen LogP contribution in [-0.2, 0) is 6.54 Å². The monoisotopic (exact) mass is 339 g/mol. The molecule has 0 atom stereocenters. The maximum atomic E-state index is 12.2. The average molecular weight is 340 g/mol. The predicted octanol–water partition coefficient (Wildman–Crippen LogP) is 1.05. The second-order valence-corrected chi connectivity index (χ2v) is 5.54. The molecule has 8 heteroatoms. The minimum atomic E-state index is -0.170. The van der Waals surface area contributed by atoms with Gasteiger partial charge >= 0.3 is 0 Å². The fourth-order valence-corrected chi connectivity index (χ4v) is 2.29. The lowest BCUT2D eigenvalue weighted by Gasteiger charge is -2.26. The lowest BCUT2D eigenvalue weighted by atomic mass is 10.2. The molecule has 1 amide bonds. The van der Waals surface area contributed by atoms with Crippen LogP contribution in [0.3, 0.4) is 0 Å². The SMILES string of the molecule is CN(Cc1ccc(Br)o1)C(=O)c1cn(C2CNC2)nn1. The normalized spacial score (nSPS) is 15.1. The standard InChI is InChI=1S/C12H14BrN5O2/c1-17(6-9-2-3-11(13)20-9)12(19)10-7-18(16-15-10)8-4-14-5-8/h2-3,7-8,14H,4-6H2,1H3. The van der Waals surface area contributed by atoms with Gasteiger partial charge in [0.2, 0.25) is 0 Å². The molecule has 1 aliphatic rings. The summed E-state index contributed by atoms with van der Waals surface area (Å²) in [6.07, 6.45) is 1.70. The van der Waals surface area contributed by atoms with Crippen LogP contribution < -0.4 is 5.32 Å². The Hall–Kier alpha value is -1.67. The molecule has 7 nitrogen and oxygen atoms in total. The Morgan fingerprint density at radius 3 is 3.00 bits per heavy atom. The molecule has 2 aromatic heterocycles. The maximum Gasteiger partial charge on any atom is 0.276 e. The highest BCUT2D eigenvalue weighted by Crippen LogP contribution is 2.16. The van der Waals surface area contributed by atoms with E-state index in [-0.39, 0.29) is 5.91 Å². The van der Waals surface area contributed by atoms with Crippen LogP contribution in [0.25, 0.3) is 0 Å². The molecule has 20 heavy (non-hydrogen) atoms. The first-order chi connectivity index (χ1) is 9.63. The van der Waals surface area contributed by atoms with Crippen LogP contribution in [0.4, 0.5) is 0 Å². The minimum absolute atomic E-state index is 0.170. The first-order valence-electron chi connectivity index (χ1n) is 6.25. The zero-order valence-corrected chi connectivity index (χ0v) is 12.5. The molecule has 2 aromatic rings. The lowest BCUT2D eigenvalue weighted by Crippen LogP contribution is -2.43. The number of halogens is 1. The first-order valence-corrected chi connectivity index (χ1v) is 7.05. The van der Waals surface area contributed by atoms with Gasteiger partial charge in [0.1, 0.15) is 5.76 Å². The molecule has 0 aromatic carbocycles. The van der Waals surface area contributed by atoms with Gasteiger partial charge in [0, 0.05) is 20.1 Å². The number of rotatable bonds is 4. The lowest BCUT2D eigenvalue weighted by molar-refractivity contribution is 0.0769. The van der Waals surface area contributed by atoms with E-state index >= 15 is 0 Å². The summed E-state index contributed by atoms with van der Waals surface area (Å²) in [7, 11) is 1.71. The second kappa shape index (κ2) is 5.37. The van der Waals surface area contributed by atoms with E-state index in [0.717, 1.165) is 13.1 Å². The van der Waals surface area contributed by atoms with Gasteiger partial charge in [0.25, 0.3) is 5.91 Å². The van der Waals surface area contributed by atoms with Gasteiger partial charge in [-0.2, -0.15) is 0 Å². The van der Waals surface area contributed by atoms with Gasteiger partial charge in [0.05, 0.1) is 18.8 Å². The Bertz CT molecular complexity index is 619. The van der Waals surface area contributed by atoms with Crippen molar-refractivity contribution in [1.82, 2.24) is 25.2 Å². The molecule has 1 fully saturated rings. The first kappa shape index (κ1) is 13.3. The number of nitrogens with one attached hydrogen (secondary N) is 1. The Balaban J connectivity index is 1.66. The molecule has 1 saturated heterocycles. The van der Waals surface area contributed by atoms with E-state index in [1.54, 1.807) is 28.9 Å². The van der Waals surface area contributed by atoms with E-state index in [1.807, 2.05) is 6.07 Å². The van der Waals surface area contributed by atoms with Crippen molar-refractivity contribution < 1.29 is 9.21 Å². The topological polar surface area (TPSA) is 76.2 Å². The van der Waals surface area contributed by atoms with Crippen LogP contribution in [0.2, 0.25) is 0 Å². The molecule has 0 bridgehead atoms. The molecule has 0 spiro atoms. The second-order valence-electron chi connectivity index (χ2n) is 4.76. The summed E-state index contributed by atoms with van der Waals surface area (Å²) in [5, 5.41) is 11.1. The van der Waals surface area contributed by atoms with E-state index in [4.69, 9.17) is 4.42 Å². The Labute approximate surface area is 124 Å². The molecular weight excluding hydrogens is 326 g/mol. The number of carbonyl (C=O) groups excluding carboxylic acids is 1. The highest BCUT2D eigenvalue weighted by atomic mass is 79.9.